The molecule has 0 saturated heterocycles. The molecule has 0 aromatic rings. The lowest BCUT2D eigenvalue weighted by Gasteiger charge is -2.23. The number of hydrogen-bond acceptors (Lipinski definition) is 3. The summed E-state index contributed by atoms with van der Waals surface area (Å²) in [7, 11) is 4.29. The third kappa shape index (κ3) is 10.7. The summed E-state index contributed by atoms with van der Waals surface area (Å²) in [6.07, 6.45) is 3.76. The highest BCUT2D eigenvalue weighted by molar-refractivity contribution is 4.64. The van der Waals surface area contributed by atoms with Crippen LogP contribution in [-0.2, 0) is 0 Å². The van der Waals surface area contributed by atoms with Gasteiger partial charge in [0.1, 0.15) is 0 Å². The van der Waals surface area contributed by atoms with Crippen LogP contribution in [0.25, 0.3) is 0 Å². The zero-order valence-electron chi connectivity index (χ0n) is 12.6. The van der Waals surface area contributed by atoms with Crippen molar-refractivity contribution in [3.05, 3.63) is 0 Å². The van der Waals surface area contributed by atoms with Crippen LogP contribution >= 0.6 is 0 Å². The molecule has 3 nitrogen and oxygen atoms in total. The molecule has 0 aliphatic heterocycles. The second-order valence-corrected chi connectivity index (χ2v) is 5.23. The molecule has 0 aromatic heterocycles. The lowest BCUT2D eigenvalue weighted by Crippen LogP contribution is -2.34. The Balaban J connectivity index is 3.59. The van der Waals surface area contributed by atoms with Gasteiger partial charge in [-0.3, -0.25) is 0 Å². The van der Waals surface area contributed by atoms with Crippen molar-refractivity contribution in [3.63, 3.8) is 0 Å². The average Bonchev–Trinajstić information content (AvgIpc) is 2.30. The van der Waals surface area contributed by atoms with Crippen LogP contribution in [0, 0.1) is 0 Å². The van der Waals surface area contributed by atoms with Gasteiger partial charge in [-0.15, -0.1) is 0 Å². The maximum absolute atomic E-state index is 3.55. The van der Waals surface area contributed by atoms with Gasteiger partial charge in [-0.1, -0.05) is 13.8 Å². The molecule has 0 fully saturated rings. The molecule has 0 bridgehead atoms. The largest absolute Gasteiger partial charge is 0.314 e. The molecule has 104 valence electrons. The fourth-order valence-corrected chi connectivity index (χ4v) is 1.91. The first kappa shape index (κ1) is 16.9. The van der Waals surface area contributed by atoms with Crippen molar-refractivity contribution in [1.29, 1.82) is 0 Å². The summed E-state index contributed by atoms with van der Waals surface area (Å²) in [4.78, 5) is 4.83. The van der Waals surface area contributed by atoms with E-state index < -0.39 is 0 Å². The van der Waals surface area contributed by atoms with Crippen LogP contribution in [0.3, 0.4) is 0 Å². The Morgan fingerprint density at radius 1 is 1.06 bits per heavy atom. The summed E-state index contributed by atoms with van der Waals surface area (Å²) >= 11 is 0. The molecule has 0 amide bonds. The van der Waals surface area contributed by atoms with Gasteiger partial charge in [-0.25, -0.2) is 0 Å². The molecule has 0 rings (SSSR count). The maximum atomic E-state index is 3.55. The van der Waals surface area contributed by atoms with Crippen molar-refractivity contribution >= 4 is 0 Å². The third-order valence-electron chi connectivity index (χ3n) is 3.15. The van der Waals surface area contributed by atoms with Gasteiger partial charge in [0.05, 0.1) is 0 Å². The van der Waals surface area contributed by atoms with Gasteiger partial charge in [-0.2, -0.15) is 0 Å². The molecule has 0 radical (unpaired) electrons. The number of hydrogen-bond donors (Lipinski definition) is 1. The summed E-state index contributed by atoms with van der Waals surface area (Å²) in [5, 5.41) is 3.55. The Bertz CT molecular complexity index is 160. The third-order valence-corrected chi connectivity index (χ3v) is 3.15. The van der Waals surface area contributed by atoms with Crippen LogP contribution in [0.5, 0.6) is 0 Å². The van der Waals surface area contributed by atoms with Gasteiger partial charge in [0.15, 0.2) is 0 Å². The fourth-order valence-electron chi connectivity index (χ4n) is 1.91. The molecule has 1 N–H and O–H groups in total. The highest BCUT2D eigenvalue weighted by Gasteiger charge is 2.05. The number of rotatable bonds is 11. The van der Waals surface area contributed by atoms with Crippen LogP contribution in [-0.4, -0.2) is 62.7 Å². The van der Waals surface area contributed by atoms with E-state index in [2.05, 4.69) is 50.0 Å². The Labute approximate surface area is 109 Å². The SMILES string of the molecule is CCCNC(C)CCN(CC)CCCN(C)C. The van der Waals surface area contributed by atoms with Crippen molar-refractivity contribution < 1.29 is 0 Å². The van der Waals surface area contributed by atoms with E-state index in [1.807, 2.05) is 0 Å². The monoisotopic (exact) mass is 243 g/mol. The highest BCUT2D eigenvalue weighted by atomic mass is 15.1. The minimum Gasteiger partial charge on any atom is -0.314 e. The predicted molar refractivity (Wildman–Crippen MR) is 77.7 cm³/mol. The van der Waals surface area contributed by atoms with Crippen molar-refractivity contribution in [2.24, 2.45) is 0 Å². The van der Waals surface area contributed by atoms with Gasteiger partial charge in [0.2, 0.25) is 0 Å². The number of nitrogens with one attached hydrogen (secondary N) is 1. The van der Waals surface area contributed by atoms with E-state index in [4.69, 9.17) is 0 Å². The quantitative estimate of drug-likeness (QED) is 0.599. The van der Waals surface area contributed by atoms with Gasteiger partial charge in [0, 0.05) is 6.04 Å². The zero-order chi connectivity index (χ0) is 13.1. The van der Waals surface area contributed by atoms with Crippen LogP contribution in [0.4, 0.5) is 0 Å². The average molecular weight is 243 g/mol. The van der Waals surface area contributed by atoms with Crippen molar-refractivity contribution in [2.75, 3.05) is 46.8 Å². The van der Waals surface area contributed by atoms with Gasteiger partial charge in [0.25, 0.3) is 0 Å². The van der Waals surface area contributed by atoms with E-state index in [0.29, 0.717) is 6.04 Å². The van der Waals surface area contributed by atoms with E-state index in [-0.39, 0.29) is 0 Å². The maximum Gasteiger partial charge on any atom is 0.00508 e. The molecule has 1 atom stereocenters. The van der Waals surface area contributed by atoms with Gasteiger partial charge in [-0.05, 0) is 73.0 Å². The van der Waals surface area contributed by atoms with E-state index in [9.17, 15) is 0 Å². The molecular weight excluding hydrogens is 210 g/mol. The predicted octanol–water partition coefficient (Wildman–Crippen LogP) is 2.04. The highest BCUT2D eigenvalue weighted by Crippen LogP contribution is 1.98. The lowest BCUT2D eigenvalue weighted by molar-refractivity contribution is 0.254. The van der Waals surface area contributed by atoms with E-state index in [1.54, 1.807) is 0 Å². The van der Waals surface area contributed by atoms with Crippen molar-refractivity contribution in [2.45, 2.75) is 46.1 Å². The fraction of sp³-hybridized carbons (Fsp3) is 1.00. The Morgan fingerprint density at radius 2 is 1.76 bits per heavy atom. The molecule has 1 unspecified atom stereocenters. The minimum atomic E-state index is 0.651. The van der Waals surface area contributed by atoms with E-state index in [0.717, 1.165) is 6.54 Å². The summed E-state index contributed by atoms with van der Waals surface area (Å²) in [6.45, 7) is 12.8. The molecule has 0 aliphatic carbocycles. The Hall–Kier alpha value is -0.120. The van der Waals surface area contributed by atoms with Crippen LogP contribution in [0.15, 0.2) is 0 Å². The van der Waals surface area contributed by atoms with Crippen LogP contribution in [0.2, 0.25) is 0 Å². The van der Waals surface area contributed by atoms with Crippen molar-refractivity contribution in [1.82, 2.24) is 15.1 Å². The first-order chi connectivity index (χ1) is 8.10. The summed E-state index contributed by atoms with van der Waals surface area (Å²) < 4.78 is 0. The summed E-state index contributed by atoms with van der Waals surface area (Å²) in [5.74, 6) is 0. The topological polar surface area (TPSA) is 18.5 Å². The summed E-state index contributed by atoms with van der Waals surface area (Å²) in [6, 6.07) is 0.651. The number of nitrogens with zero attached hydrogens (tertiary/aromatic N) is 2. The molecule has 3 heteroatoms. The van der Waals surface area contributed by atoms with Crippen LogP contribution in [0.1, 0.15) is 40.0 Å². The lowest BCUT2D eigenvalue weighted by atomic mass is 10.2. The van der Waals surface area contributed by atoms with E-state index in [1.165, 1.54) is 45.4 Å². The molecule has 0 aromatic carbocycles. The van der Waals surface area contributed by atoms with Crippen LogP contribution < -0.4 is 5.32 Å². The smallest absolute Gasteiger partial charge is 0.00508 e. The van der Waals surface area contributed by atoms with Crippen molar-refractivity contribution in [3.8, 4) is 0 Å². The standard InChI is InChI=1S/C14H33N3/c1-6-10-15-14(3)9-13-17(7-2)12-8-11-16(4)5/h14-15H,6-13H2,1-5H3. The molecule has 0 heterocycles. The first-order valence-corrected chi connectivity index (χ1v) is 7.20. The second kappa shape index (κ2) is 11.0. The van der Waals surface area contributed by atoms with Gasteiger partial charge >= 0.3 is 0 Å². The molecule has 0 spiro atoms. The van der Waals surface area contributed by atoms with E-state index >= 15 is 0 Å². The Morgan fingerprint density at radius 3 is 2.29 bits per heavy atom. The summed E-state index contributed by atoms with van der Waals surface area (Å²) in [5.41, 5.74) is 0. The zero-order valence-corrected chi connectivity index (χ0v) is 12.6. The van der Waals surface area contributed by atoms with Gasteiger partial charge < -0.3 is 15.1 Å². The molecule has 17 heavy (non-hydrogen) atoms. The Kier molecular flexibility index (Phi) is 10.9. The molecular formula is C14H33N3. The molecule has 0 aliphatic rings. The normalized spacial score (nSPS) is 13.6. The first-order valence-electron chi connectivity index (χ1n) is 7.20. The molecule has 0 saturated carbocycles. The second-order valence-electron chi connectivity index (χ2n) is 5.23. The minimum absolute atomic E-state index is 0.651.